The first-order valence-electron chi connectivity index (χ1n) is 19.8. The van der Waals surface area contributed by atoms with Crippen LogP contribution < -0.4 is 5.73 Å². The first-order chi connectivity index (χ1) is 28.4. The number of aryl methyl sites for hydroxylation is 1. The molecule has 0 saturated carbocycles. The average Bonchev–Trinajstić information content (AvgIpc) is 3.67. The highest BCUT2D eigenvalue weighted by Gasteiger charge is 2.24. The normalized spacial score (nSPS) is 14.0. The van der Waals surface area contributed by atoms with Gasteiger partial charge < -0.3 is 11.1 Å². The fourth-order valence-corrected chi connectivity index (χ4v) is 9.34. The molecule has 2 nitrogen and oxygen atoms in total. The van der Waals surface area contributed by atoms with Crippen LogP contribution in [0.25, 0.3) is 63.6 Å². The molecule has 3 heteroatoms. The van der Waals surface area contributed by atoms with Crippen molar-refractivity contribution in [3.05, 3.63) is 229 Å². The largest absolute Gasteiger partial charge is 0.401 e. The Labute approximate surface area is 345 Å². The van der Waals surface area contributed by atoms with Crippen molar-refractivity contribution in [1.29, 1.82) is 5.41 Å². The Hall–Kier alpha value is -6.81. The van der Waals surface area contributed by atoms with Crippen LogP contribution >= 0.6 is 11.3 Å². The third-order valence-corrected chi connectivity index (χ3v) is 11.9. The molecule has 1 unspecified atom stereocenters. The molecule has 8 aromatic carbocycles. The van der Waals surface area contributed by atoms with Crippen molar-refractivity contribution >= 4 is 80.7 Å². The van der Waals surface area contributed by atoms with Gasteiger partial charge in [0.25, 0.3) is 0 Å². The summed E-state index contributed by atoms with van der Waals surface area (Å²) in [5.41, 5.74) is 15.1. The Bertz CT molecular complexity index is 3020. The molecule has 1 atom stereocenters. The summed E-state index contributed by atoms with van der Waals surface area (Å²) in [5.74, 6) is -0.0618. The number of allylic oxidation sites excluding steroid dienone is 6. The van der Waals surface area contributed by atoms with Crippen molar-refractivity contribution in [3.63, 3.8) is 0 Å². The summed E-state index contributed by atoms with van der Waals surface area (Å²) in [4.78, 5) is 0. The van der Waals surface area contributed by atoms with Crippen LogP contribution in [-0.2, 0) is 0 Å². The zero-order valence-electron chi connectivity index (χ0n) is 33.0. The van der Waals surface area contributed by atoms with E-state index in [1.54, 1.807) is 6.08 Å². The van der Waals surface area contributed by atoms with E-state index in [4.69, 9.17) is 11.1 Å². The number of nitrogens with one attached hydrogen (secondary N) is 1. The Morgan fingerprint density at radius 1 is 0.655 bits per heavy atom. The van der Waals surface area contributed by atoms with E-state index < -0.39 is 0 Å². The van der Waals surface area contributed by atoms with Gasteiger partial charge in [-0.2, -0.15) is 0 Å². The Kier molecular flexibility index (Phi) is 11.2. The van der Waals surface area contributed by atoms with Crippen molar-refractivity contribution < 1.29 is 0 Å². The Morgan fingerprint density at radius 2 is 1.17 bits per heavy atom. The Morgan fingerprint density at radius 3 is 1.79 bits per heavy atom. The van der Waals surface area contributed by atoms with Gasteiger partial charge >= 0.3 is 0 Å². The summed E-state index contributed by atoms with van der Waals surface area (Å²) in [6.07, 6.45) is 9.08. The molecule has 9 aromatic rings. The molecular formula is C55H46N2S. The standard InChI is InChI=1S/C45H32N2S.C7H8.C3H6/c46-40(29-15-5-2-6-16-29)27-41(47)32-24-30(28-13-3-1-4-14-28)23-31(25-32)38-26-39-35-19-8-7-17-33(35)34-18-9-10-20-36(34)43(39)45-44(38)37-21-11-12-22-42(37)48-45;1-7-5-3-2-4-6-7;1-3-2/h1-23,25-27,32,46H,24,47H2;2-6H,1H3;3H,1H2,2H3/b41-27-,46-40?;;. The van der Waals surface area contributed by atoms with E-state index in [1.807, 2.05) is 72.9 Å². The van der Waals surface area contributed by atoms with Gasteiger partial charge in [0.1, 0.15) is 0 Å². The molecule has 0 aliphatic heterocycles. The third-order valence-electron chi connectivity index (χ3n) is 10.7. The van der Waals surface area contributed by atoms with E-state index in [9.17, 15) is 0 Å². The zero-order chi connectivity index (χ0) is 40.0. The fraction of sp³-hybridized carbons (Fsp3) is 0.0727. The maximum Gasteiger partial charge on any atom is 0.0629 e. The molecule has 282 valence electrons. The van der Waals surface area contributed by atoms with Crippen LogP contribution in [0.15, 0.2) is 206 Å². The van der Waals surface area contributed by atoms with Gasteiger partial charge in [-0.25, -0.2) is 0 Å². The van der Waals surface area contributed by atoms with Crippen LogP contribution in [0.4, 0.5) is 0 Å². The van der Waals surface area contributed by atoms with Crippen molar-refractivity contribution in [2.45, 2.75) is 20.3 Å². The molecule has 10 rings (SSSR count). The van der Waals surface area contributed by atoms with E-state index in [0.717, 1.165) is 12.0 Å². The predicted molar refractivity (Wildman–Crippen MR) is 255 cm³/mol. The minimum atomic E-state index is -0.0618. The second-order valence-electron chi connectivity index (χ2n) is 14.7. The molecule has 58 heavy (non-hydrogen) atoms. The number of nitrogens with two attached hydrogens (primary N) is 1. The molecule has 0 spiro atoms. The summed E-state index contributed by atoms with van der Waals surface area (Å²) in [7, 11) is 0. The summed E-state index contributed by atoms with van der Waals surface area (Å²) in [6, 6.07) is 59.7. The van der Waals surface area contributed by atoms with Gasteiger partial charge in [0.05, 0.1) is 5.71 Å². The van der Waals surface area contributed by atoms with Crippen LogP contribution in [0.5, 0.6) is 0 Å². The molecule has 0 radical (unpaired) electrons. The van der Waals surface area contributed by atoms with E-state index in [1.165, 1.54) is 80.3 Å². The number of hydrogen-bond donors (Lipinski definition) is 2. The van der Waals surface area contributed by atoms with Crippen molar-refractivity contribution in [2.75, 3.05) is 0 Å². The number of thiophene rings is 1. The first-order valence-corrected chi connectivity index (χ1v) is 20.6. The quantitative estimate of drug-likeness (QED) is 0.102. The molecule has 3 N–H and O–H groups in total. The molecule has 0 fully saturated rings. The van der Waals surface area contributed by atoms with Crippen molar-refractivity contribution in [1.82, 2.24) is 0 Å². The van der Waals surface area contributed by atoms with E-state index >= 15 is 0 Å². The van der Waals surface area contributed by atoms with E-state index in [0.29, 0.717) is 11.4 Å². The smallest absolute Gasteiger partial charge is 0.0629 e. The monoisotopic (exact) mass is 766 g/mol. The van der Waals surface area contributed by atoms with Crippen molar-refractivity contribution in [2.24, 2.45) is 11.7 Å². The molecule has 0 saturated heterocycles. The van der Waals surface area contributed by atoms with Crippen LogP contribution in [0, 0.1) is 18.3 Å². The molecule has 1 aliphatic rings. The number of fused-ring (bicyclic) bond motifs is 10. The topological polar surface area (TPSA) is 49.9 Å². The van der Waals surface area contributed by atoms with Gasteiger partial charge in [0.2, 0.25) is 0 Å². The minimum absolute atomic E-state index is 0.0618. The molecule has 1 heterocycles. The lowest BCUT2D eigenvalue weighted by atomic mass is 9.81. The average molecular weight is 767 g/mol. The van der Waals surface area contributed by atoms with Crippen LogP contribution in [0.1, 0.15) is 35.6 Å². The lowest BCUT2D eigenvalue weighted by Gasteiger charge is -2.24. The zero-order valence-corrected chi connectivity index (χ0v) is 33.8. The number of rotatable bonds is 5. The summed E-state index contributed by atoms with van der Waals surface area (Å²) < 4.78 is 2.60. The maximum absolute atomic E-state index is 8.83. The number of hydrogen-bond acceptors (Lipinski definition) is 3. The van der Waals surface area contributed by atoms with Gasteiger partial charge in [-0.3, -0.25) is 0 Å². The third kappa shape index (κ3) is 7.65. The van der Waals surface area contributed by atoms with Gasteiger partial charge in [0.15, 0.2) is 0 Å². The predicted octanol–water partition coefficient (Wildman–Crippen LogP) is 15.1. The van der Waals surface area contributed by atoms with Gasteiger partial charge in [-0.1, -0.05) is 182 Å². The second kappa shape index (κ2) is 17.1. The van der Waals surface area contributed by atoms with Crippen LogP contribution in [0.2, 0.25) is 0 Å². The summed E-state index contributed by atoms with van der Waals surface area (Å²) in [6.45, 7) is 7.33. The van der Waals surface area contributed by atoms with E-state index in [-0.39, 0.29) is 5.92 Å². The highest BCUT2D eigenvalue weighted by molar-refractivity contribution is 7.27. The summed E-state index contributed by atoms with van der Waals surface area (Å²) in [5, 5.41) is 19.1. The Balaban J connectivity index is 0.000000417. The second-order valence-corrected chi connectivity index (χ2v) is 15.7. The SMILES string of the molecule is C=CC.Cc1ccccc1.N=C(/C=C(\N)C1C=C(c2cc3c4ccccc4c4ccccc4c3c3sc4ccccc4c23)C=C(c2ccccc2)C1)c1ccccc1. The molecule has 0 amide bonds. The van der Waals surface area contributed by atoms with E-state index in [2.05, 4.69) is 147 Å². The minimum Gasteiger partial charge on any atom is -0.401 e. The number of benzene rings is 8. The van der Waals surface area contributed by atoms with Gasteiger partial charge in [-0.15, -0.1) is 17.9 Å². The van der Waals surface area contributed by atoms with Gasteiger partial charge in [0, 0.05) is 37.2 Å². The van der Waals surface area contributed by atoms with Crippen LogP contribution in [-0.4, -0.2) is 5.71 Å². The fourth-order valence-electron chi connectivity index (χ4n) is 8.05. The molecule has 0 bridgehead atoms. The maximum atomic E-state index is 8.83. The van der Waals surface area contributed by atoms with Crippen LogP contribution in [0.3, 0.4) is 0 Å². The van der Waals surface area contributed by atoms with Crippen molar-refractivity contribution in [3.8, 4) is 0 Å². The van der Waals surface area contributed by atoms with Gasteiger partial charge in [-0.05, 0) is 93.2 Å². The highest BCUT2D eigenvalue weighted by Crippen LogP contribution is 2.48. The first kappa shape index (κ1) is 38.1. The molecule has 1 aliphatic carbocycles. The summed E-state index contributed by atoms with van der Waals surface area (Å²) >= 11 is 1.89. The highest BCUT2D eigenvalue weighted by atomic mass is 32.1. The lowest BCUT2D eigenvalue weighted by Crippen LogP contribution is -2.15. The lowest BCUT2D eigenvalue weighted by molar-refractivity contribution is 0.771. The molecular weight excluding hydrogens is 721 g/mol. The molecule has 1 aromatic heterocycles.